The maximum absolute atomic E-state index is 12.0. The Morgan fingerprint density at radius 3 is 2.13 bits per heavy atom. The molecule has 0 aromatic heterocycles. The van der Waals surface area contributed by atoms with E-state index < -0.39 is 9.84 Å². The smallest absolute Gasteiger partial charge is 0.319 e. The number of nitrogens with one attached hydrogen (secondary N) is 2. The van der Waals surface area contributed by atoms with Crippen molar-refractivity contribution in [2.45, 2.75) is 17.9 Å². The normalized spacial score (nSPS) is 12.5. The second-order valence-corrected chi connectivity index (χ2v) is 7.62. The standard InChI is InChI=1S/C16H17ClN2O3S/c1-11(12-3-9-15(10-4-12)23(2,21)22)18-16(20)19-14-7-5-13(17)6-8-14/h3-11H,1-2H3,(H2,18,19,20). The summed E-state index contributed by atoms with van der Waals surface area (Å²) < 4.78 is 22.9. The van der Waals surface area contributed by atoms with Gasteiger partial charge in [0.25, 0.3) is 0 Å². The number of carbonyl (C=O) groups is 1. The molecule has 0 fully saturated rings. The quantitative estimate of drug-likeness (QED) is 0.882. The second kappa shape index (κ2) is 7.02. The van der Waals surface area contributed by atoms with Gasteiger partial charge in [0.2, 0.25) is 0 Å². The third kappa shape index (κ3) is 4.97. The molecule has 0 saturated heterocycles. The van der Waals surface area contributed by atoms with Gasteiger partial charge in [0, 0.05) is 17.0 Å². The molecule has 2 aromatic rings. The van der Waals surface area contributed by atoms with E-state index in [0.29, 0.717) is 10.7 Å². The number of amides is 2. The van der Waals surface area contributed by atoms with Crippen LogP contribution < -0.4 is 10.6 Å². The summed E-state index contributed by atoms with van der Waals surface area (Å²) in [6.45, 7) is 1.82. The highest BCUT2D eigenvalue weighted by molar-refractivity contribution is 7.90. The first-order valence-corrected chi connectivity index (χ1v) is 9.16. The van der Waals surface area contributed by atoms with Crippen LogP contribution in [0.15, 0.2) is 53.4 Å². The predicted molar refractivity (Wildman–Crippen MR) is 91.6 cm³/mol. The number of carbonyl (C=O) groups excluding carboxylic acids is 1. The third-order valence-electron chi connectivity index (χ3n) is 3.26. The van der Waals surface area contributed by atoms with Gasteiger partial charge in [0.1, 0.15) is 0 Å². The summed E-state index contributed by atoms with van der Waals surface area (Å²) in [7, 11) is -3.22. The van der Waals surface area contributed by atoms with Gasteiger partial charge in [0.05, 0.1) is 10.9 Å². The molecule has 0 spiro atoms. The van der Waals surface area contributed by atoms with E-state index in [0.717, 1.165) is 11.8 Å². The summed E-state index contributed by atoms with van der Waals surface area (Å²) in [5, 5.41) is 6.08. The molecule has 2 N–H and O–H groups in total. The zero-order chi connectivity index (χ0) is 17.0. The van der Waals surface area contributed by atoms with Crippen molar-refractivity contribution in [1.82, 2.24) is 5.32 Å². The Balaban J connectivity index is 1.99. The van der Waals surface area contributed by atoms with Gasteiger partial charge >= 0.3 is 6.03 Å². The minimum absolute atomic E-state index is 0.249. The summed E-state index contributed by atoms with van der Waals surface area (Å²) >= 11 is 5.79. The number of hydrogen-bond donors (Lipinski definition) is 2. The summed E-state index contributed by atoms with van der Waals surface area (Å²) in [5.74, 6) is 0. The highest BCUT2D eigenvalue weighted by atomic mass is 35.5. The number of rotatable bonds is 4. The van der Waals surface area contributed by atoms with Crippen LogP contribution in [0, 0.1) is 0 Å². The minimum atomic E-state index is -3.22. The molecule has 2 amide bonds. The van der Waals surface area contributed by atoms with Crippen molar-refractivity contribution in [3.8, 4) is 0 Å². The van der Waals surface area contributed by atoms with E-state index in [1.807, 2.05) is 6.92 Å². The number of sulfone groups is 1. The zero-order valence-corrected chi connectivity index (χ0v) is 14.3. The van der Waals surface area contributed by atoms with Crippen molar-refractivity contribution in [3.05, 3.63) is 59.1 Å². The van der Waals surface area contributed by atoms with E-state index in [2.05, 4.69) is 10.6 Å². The Morgan fingerprint density at radius 1 is 1.04 bits per heavy atom. The van der Waals surface area contributed by atoms with Gasteiger partial charge in [-0.1, -0.05) is 23.7 Å². The van der Waals surface area contributed by atoms with Crippen LogP contribution in [-0.2, 0) is 9.84 Å². The second-order valence-electron chi connectivity index (χ2n) is 5.17. The van der Waals surface area contributed by atoms with E-state index in [9.17, 15) is 13.2 Å². The van der Waals surface area contributed by atoms with Gasteiger partial charge in [0.15, 0.2) is 9.84 Å². The first kappa shape index (κ1) is 17.3. The van der Waals surface area contributed by atoms with Crippen LogP contribution >= 0.6 is 11.6 Å². The molecule has 2 rings (SSSR count). The fourth-order valence-corrected chi connectivity index (χ4v) is 2.74. The van der Waals surface area contributed by atoms with Gasteiger partial charge < -0.3 is 10.6 Å². The molecule has 5 nitrogen and oxygen atoms in total. The molecule has 0 bridgehead atoms. The molecule has 23 heavy (non-hydrogen) atoms. The number of anilines is 1. The molecule has 7 heteroatoms. The van der Waals surface area contributed by atoms with Crippen molar-refractivity contribution < 1.29 is 13.2 Å². The summed E-state index contributed by atoms with van der Waals surface area (Å²) in [4.78, 5) is 12.2. The maximum atomic E-state index is 12.0. The van der Waals surface area contributed by atoms with Crippen LogP contribution in [0.25, 0.3) is 0 Å². The lowest BCUT2D eigenvalue weighted by molar-refractivity contribution is 0.249. The Morgan fingerprint density at radius 2 is 1.61 bits per heavy atom. The van der Waals surface area contributed by atoms with Gasteiger partial charge in [-0.3, -0.25) is 0 Å². The minimum Gasteiger partial charge on any atom is -0.331 e. The molecule has 1 atom stereocenters. The van der Waals surface area contributed by atoms with Crippen molar-refractivity contribution in [2.24, 2.45) is 0 Å². The topological polar surface area (TPSA) is 75.3 Å². The fraction of sp³-hybridized carbons (Fsp3) is 0.188. The van der Waals surface area contributed by atoms with E-state index in [4.69, 9.17) is 11.6 Å². The molecular weight excluding hydrogens is 336 g/mol. The van der Waals surface area contributed by atoms with Crippen molar-refractivity contribution in [2.75, 3.05) is 11.6 Å². The van der Waals surface area contributed by atoms with Crippen LogP contribution in [0.2, 0.25) is 5.02 Å². The fourth-order valence-electron chi connectivity index (χ4n) is 1.98. The Bertz CT molecular complexity index is 787. The molecule has 0 aliphatic rings. The van der Waals surface area contributed by atoms with E-state index >= 15 is 0 Å². The van der Waals surface area contributed by atoms with E-state index in [-0.39, 0.29) is 17.0 Å². The number of benzene rings is 2. The van der Waals surface area contributed by atoms with E-state index in [1.54, 1.807) is 36.4 Å². The summed E-state index contributed by atoms with van der Waals surface area (Å²) in [6.07, 6.45) is 1.16. The largest absolute Gasteiger partial charge is 0.331 e. The molecule has 2 aromatic carbocycles. The highest BCUT2D eigenvalue weighted by Crippen LogP contribution is 2.17. The van der Waals surface area contributed by atoms with Gasteiger partial charge in [-0.05, 0) is 48.9 Å². The number of hydrogen-bond acceptors (Lipinski definition) is 3. The van der Waals surface area contributed by atoms with Crippen LogP contribution in [0.4, 0.5) is 10.5 Å². The van der Waals surface area contributed by atoms with Crippen LogP contribution in [-0.4, -0.2) is 20.7 Å². The molecule has 1 unspecified atom stereocenters. The third-order valence-corrected chi connectivity index (χ3v) is 4.64. The Hall–Kier alpha value is -2.05. The lowest BCUT2D eigenvalue weighted by Crippen LogP contribution is -2.31. The average Bonchev–Trinajstić information content (AvgIpc) is 2.49. The SMILES string of the molecule is CC(NC(=O)Nc1ccc(Cl)cc1)c1ccc(S(C)(=O)=O)cc1. The Kier molecular flexibility index (Phi) is 5.28. The van der Waals surface area contributed by atoms with Gasteiger partial charge in [-0.15, -0.1) is 0 Å². The molecule has 0 radical (unpaired) electrons. The van der Waals surface area contributed by atoms with Crippen LogP contribution in [0.5, 0.6) is 0 Å². The summed E-state index contributed by atoms with van der Waals surface area (Å²) in [6, 6.07) is 12.6. The monoisotopic (exact) mass is 352 g/mol. The molecular formula is C16H17ClN2O3S. The lowest BCUT2D eigenvalue weighted by Gasteiger charge is -2.15. The first-order valence-electron chi connectivity index (χ1n) is 6.89. The van der Waals surface area contributed by atoms with Gasteiger partial charge in [-0.2, -0.15) is 0 Å². The maximum Gasteiger partial charge on any atom is 0.319 e. The van der Waals surface area contributed by atoms with Crippen molar-refractivity contribution in [3.63, 3.8) is 0 Å². The number of urea groups is 1. The van der Waals surface area contributed by atoms with Crippen molar-refractivity contribution in [1.29, 1.82) is 0 Å². The van der Waals surface area contributed by atoms with E-state index in [1.165, 1.54) is 12.1 Å². The summed E-state index contributed by atoms with van der Waals surface area (Å²) in [5.41, 5.74) is 1.44. The van der Waals surface area contributed by atoms with Crippen molar-refractivity contribution >= 4 is 33.2 Å². The zero-order valence-electron chi connectivity index (χ0n) is 12.7. The number of halogens is 1. The average molecular weight is 353 g/mol. The van der Waals surface area contributed by atoms with Gasteiger partial charge in [-0.25, -0.2) is 13.2 Å². The molecule has 0 saturated carbocycles. The predicted octanol–water partition coefficient (Wildman–Crippen LogP) is 3.63. The van der Waals surface area contributed by atoms with Crippen LogP contribution in [0.1, 0.15) is 18.5 Å². The molecule has 0 aliphatic carbocycles. The Labute approximate surface area is 140 Å². The lowest BCUT2D eigenvalue weighted by atomic mass is 10.1. The van der Waals surface area contributed by atoms with Crippen LogP contribution in [0.3, 0.4) is 0 Å². The highest BCUT2D eigenvalue weighted by Gasteiger charge is 2.12. The molecule has 0 aliphatic heterocycles. The molecule has 122 valence electrons. The first-order chi connectivity index (χ1) is 10.8. The molecule has 0 heterocycles.